The Morgan fingerprint density at radius 2 is 1.62 bits per heavy atom. The SMILES string of the molecule is COc1ccc(CNC(=O)C2CCN(S(=O)(=O)Cc3ccccc3)CC2)c(OC)c1OC. The van der Waals surface area contributed by atoms with Crippen LogP contribution in [-0.4, -0.2) is 53.0 Å². The van der Waals surface area contributed by atoms with Gasteiger partial charge in [-0.3, -0.25) is 4.79 Å². The second kappa shape index (κ2) is 10.7. The number of sulfonamides is 1. The molecule has 1 aliphatic rings. The van der Waals surface area contributed by atoms with Crippen LogP contribution in [0.25, 0.3) is 0 Å². The van der Waals surface area contributed by atoms with E-state index in [1.54, 1.807) is 25.3 Å². The second-order valence-corrected chi connectivity index (χ2v) is 9.60. The van der Waals surface area contributed by atoms with E-state index in [1.807, 2.05) is 24.3 Å². The van der Waals surface area contributed by atoms with Gasteiger partial charge in [-0.05, 0) is 30.5 Å². The molecule has 1 aliphatic heterocycles. The molecule has 2 aromatic rings. The van der Waals surface area contributed by atoms with Crippen molar-refractivity contribution < 1.29 is 27.4 Å². The first-order valence-corrected chi connectivity index (χ1v) is 12.1. The maximum absolute atomic E-state index is 12.7. The molecule has 0 bridgehead atoms. The maximum atomic E-state index is 12.7. The van der Waals surface area contributed by atoms with Gasteiger partial charge in [0.15, 0.2) is 11.5 Å². The second-order valence-electron chi connectivity index (χ2n) is 7.63. The molecule has 174 valence electrons. The lowest BCUT2D eigenvalue weighted by Gasteiger charge is -2.30. The molecule has 0 radical (unpaired) electrons. The molecule has 0 unspecified atom stereocenters. The molecule has 0 aromatic heterocycles. The summed E-state index contributed by atoms with van der Waals surface area (Å²) in [6.07, 6.45) is 0.978. The quantitative estimate of drug-likeness (QED) is 0.616. The summed E-state index contributed by atoms with van der Waals surface area (Å²) in [4.78, 5) is 12.7. The van der Waals surface area contributed by atoms with E-state index in [4.69, 9.17) is 14.2 Å². The molecule has 2 aromatic carbocycles. The number of carbonyl (C=O) groups excluding carboxylic acids is 1. The largest absolute Gasteiger partial charge is 0.493 e. The van der Waals surface area contributed by atoms with Crippen molar-refractivity contribution in [1.82, 2.24) is 9.62 Å². The number of nitrogens with zero attached hydrogens (tertiary/aromatic N) is 1. The van der Waals surface area contributed by atoms with E-state index in [9.17, 15) is 13.2 Å². The maximum Gasteiger partial charge on any atom is 0.223 e. The number of methoxy groups -OCH3 is 3. The molecule has 3 rings (SSSR count). The van der Waals surface area contributed by atoms with Crippen LogP contribution in [-0.2, 0) is 27.1 Å². The number of piperidine rings is 1. The Morgan fingerprint density at radius 3 is 2.22 bits per heavy atom. The van der Waals surface area contributed by atoms with Crippen molar-refractivity contribution in [2.45, 2.75) is 25.1 Å². The molecule has 0 spiro atoms. The molecular weight excluding hydrogens is 432 g/mol. The smallest absolute Gasteiger partial charge is 0.223 e. The van der Waals surface area contributed by atoms with Crippen LogP contribution in [0.5, 0.6) is 17.2 Å². The summed E-state index contributed by atoms with van der Waals surface area (Å²) in [5, 5.41) is 2.94. The zero-order valence-corrected chi connectivity index (χ0v) is 19.5. The predicted molar refractivity (Wildman–Crippen MR) is 121 cm³/mol. The van der Waals surface area contributed by atoms with E-state index in [-0.39, 0.29) is 24.1 Å². The Labute approximate surface area is 189 Å². The molecule has 1 fully saturated rings. The number of ether oxygens (including phenoxy) is 3. The topological polar surface area (TPSA) is 94.2 Å². The fourth-order valence-corrected chi connectivity index (χ4v) is 5.46. The normalized spacial score (nSPS) is 15.2. The lowest BCUT2D eigenvalue weighted by atomic mass is 9.97. The fraction of sp³-hybridized carbons (Fsp3) is 0.435. The molecule has 1 amide bonds. The minimum absolute atomic E-state index is 0.0240. The molecule has 32 heavy (non-hydrogen) atoms. The van der Waals surface area contributed by atoms with Crippen LogP contribution in [0.15, 0.2) is 42.5 Å². The molecule has 8 nitrogen and oxygen atoms in total. The highest BCUT2D eigenvalue weighted by Crippen LogP contribution is 2.39. The number of hydrogen-bond donors (Lipinski definition) is 1. The molecule has 0 atom stereocenters. The average molecular weight is 463 g/mol. The number of amides is 1. The van der Waals surface area contributed by atoms with Gasteiger partial charge in [0.2, 0.25) is 21.7 Å². The highest BCUT2D eigenvalue weighted by atomic mass is 32.2. The van der Waals surface area contributed by atoms with Gasteiger partial charge in [-0.15, -0.1) is 0 Å². The minimum Gasteiger partial charge on any atom is -0.493 e. The van der Waals surface area contributed by atoms with Crippen molar-refractivity contribution in [2.24, 2.45) is 5.92 Å². The monoisotopic (exact) mass is 462 g/mol. The van der Waals surface area contributed by atoms with Crippen LogP contribution in [0.4, 0.5) is 0 Å². The van der Waals surface area contributed by atoms with Crippen LogP contribution < -0.4 is 19.5 Å². The van der Waals surface area contributed by atoms with E-state index in [2.05, 4.69) is 5.32 Å². The van der Waals surface area contributed by atoms with E-state index < -0.39 is 10.0 Å². The van der Waals surface area contributed by atoms with Crippen molar-refractivity contribution in [3.63, 3.8) is 0 Å². The van der Waals surface area contributed by atoms with Crippen LogP contribution >= 0.6 is 0 Å². The standard InChI is InChI=1S/C23H30N2O6S/c1-29-20-10-9-19(21(30-2)22(20)31-3)15-24-23(26)18-11-13-25(14-12-18)32(27,28)16-17-7-5-4-6-8-17/h4-10,18H,11-16H2,1-3H3,(H,24,26). The van der Waals surface area contributed by atoms with Gasteiger partial charge in [-0.1, -0.05) is 30.3 Å². The third-order valence-electron chi connectivity index (χ3n) is 5.65. The van der Waals surface area contributed by atoms with Gasteiger partial charge in [0.05, 0.1) is 27.1 Å². The first kappa shape index (κ1) is 23.9. The predicted octanol–water partition coefficient (Wildman–Crippen LogP) is 2.57. The van der Waals surface area contributed by atoms with Crippen LogP contribution in [0.3, 0.4) is 0 Å². The first-order chi connectivity index (χ1) is 15.4. The van der Waals surface area contributed by atoms with Crippen LogP contribution in [0, 0.1) is 5.92 Å². The number of benzene rings is 2. The molecule has 0 aliphatic carbocycles. The van der Waals surface area contributed by atoms with Gasteiger partial charge in [0.1, 0.15) is 0 Å². The molecule has 1 heterocycles. The zero-order chi connectivity index (χ0) is 23.1. The molecule has 9 heteroatoms. The summed E-state index contributed by atoms with van der Waals surface area (Å²) < 4.78 is 43.0. The lowest BCUT2D eigenvalue weighted by molar-refractivity contribution is -0.126. The van der Waals surface area contributed by atoms with Gasteiger partial charge in [-0.2, -0.15) is 0 Å². The Hall–Kier alpha value is -2.78. The summed E-state index contributed by atoms with van der Waals surface area (Å²) in [6.45, 7) is 0.953. The van der Waals surface area contributed by atoms with Crippen molar-refractivity contribution in [1.29, 1.82) is 0 Å². The van der Waals surface area contributed by atoms with Gasteiger partial charge in [0, 0.05) is 31.1 Å². The average Bonchev–Trinajstić information content (AvgIpc) is 2.82. The molecular formula is C23H30N2O6S. The number of carbonyl (C=O) groups is 1. The summed E-state index contributed by atoms with van der Waals surface area (Å²) >= 11 is 0. The molecule has 0 saturated carbocycles. The van der Waals surface area contributed by atoms with Crippen LogP contribution in [0.1, 0.15) is 24.0 Å². The summed E-state index contributed by atoms with van der Waals surface area (Å²) in [6, 6.07) is 12.7. The third kappa shape index (κ3) is 5.52. The Morgan fingerprint density at radius 1 is 0.969 bits per heavy atom. The number of hydrogen-bond acceptors (Lipinski definition) is 6. The van der Waals surface area contributed by atoms with E-state index >= 15 is 0 Å². The third-order valence-corrected chi connectivity index (χ3v) is 7.50. The van der Waals surface area contributed by atoms with Crippen molar-refractivity contribution in [2.75, 3.05) is 34.4 Å². The summed E-state index contributed by atoms with van der Waals surface area (Å²) in [5.41, 5.74) is 1.53. The number of nitrogens with one attached hydrogen (secondary N) is 1. The van der Waals surface area contributed by atoms with E-state index in [0.717, 1.165) is 11.1 Å². The first-order valence-electron chi connectivity index (χ1n) is 10.5. The van der Waals surface area contributed by atoms with Gasteiger partial charge >= 0.3 is 0 Å². The van der Waals surface area contributed by atoms with Crippen molar-refractivity contribution in [3.05, 3.63) is 53.6 Å². The Balaban J connectivity index is 1.56. The fourth-order valence-electron chi connectivity index (χ4n) is 3.90. The van der Waals surface area contributed by atoms with Gasteiger partial charge in [0.25, 0.3) is 0 Å². The zero-order valence-electron chi connectivity index (χ0n) is 18.7. The summed E-state index contributed by atoms with van der Waals surface area (Å²) in [7, 11) is 1.21. The Kier molecular flexibility index (Phi) is 7.98. The highest BCUT2D eigenvalue weighted by Gasteiger charge is 2.31. The van der Waals surface area contributed by atoms with Gasteiger partial charge in [-0.25, -0.2) is 12.7 Å². The minimum atomic E-state index is -3.40. The molecule has 1 saturated heterocycles. The van der Waals surface area contributed by atoms with Gasteiger partial charge < -0.3 is 19.5 Å². The van der Waals surface area contributed by atoms with E-state index in [0.29, 0.717) is 43.2 Å². The van der Waals surface area contributed by atoms with Crippen LogP contribution in [0.2, 0.25) is 0 Å². The van der Waals surface area contributed by atoms with Crippen molar-refractivity contribution in [3.8, 4) is 17.2 Å². The van der Waals surface area contributed by atoms with E-state index in [1.165, 1.54) is 18.5 Å². The Bertz CT molecular complexity index is 1020. The summed E-state index contributed by atoms with van der Waals surface area (Å²) in [5.74, 6) is 1.17. The van der Waals surface area contributed by atoms with Crippen molar-refractivity contribution >= 4 is 15.9 Å². The highest BCUT2D eigenvalue weighted by molar-refractivity contribution is 7.88. The lowest BCUT2D eigenvalue weighted by Crippen LogP contribution is -2.43. The molecule has 1 N–H and O–H groups in total. The number of rotatable bonds is 9.